The molecule has 0 radical (unpaired) electrons. The van der Waals surface area contributed by atoms with Gasteiger partial charge in [0.15, 0.2) is 0 Å². The van der Waals surface area contributed by atoms with Crippen LogP contribution < -0.4 is 5.32 Å². The largest absolute Gasteiger partial charge is 0.467 e. The molecule has 0 heterocycles. The summed E-state index contributed by atoms with van der Waals surface area (Å²) in [6.45, 7) is 0. The molecule has 0 unspecified atom stereocenters. The first kappa shape index (κ1) is 17.0. The topological polar surface area (TPSA) is 72.5 Å². The maximum Gasteiger partial charge on any atom is 0.328 e. The van der Waals surface area contributed by atoms with Crippen LogP contribution in [0.3, 0.4) is 0 Å². The quantitative estimate of drug-likeness (QED) is 0.794. The number of nitrogens with one attached hydrogen (secondary N) is 1. The van der Waals surface area contributed by atoms with Gasteiger partial charge in [-0.05, 0) is 75.0 Å². The Bertz CT molecular complexity index is 549. The van der Waals surface area contributed by atoms with Gasteiger partial charge in [-0.3, -0.25) is 9.59 Å². The predicted molar refractivity (Wildman–Crippen MR) is 91.5 cm³/mol. The minimum atomic E-state index is -0.672. The highest BCUT2D eigenvalue weighted by molar-refractivity contribution is 5.89. The molecule has 5 aliphatic carbocycles. The summed E-state index contributed by atoms with van der Waals surface area (Å²) in [7, 11) is 1.36. The van der Waals surface area contributed by atoms with Crippen molar-refractivity contribution in [1.82, 2.24) is 5.32 Å². The third-order valence-corrected chi connectivity index (χ3v) is 7.25. The molecule has 5 fully saturated rings. The number of hydrogen-bond acceptors (Lipinski definition) is 4. The van der Waals surface area contributed by atoms with Crippen LogP contribution in [-0.2, 0) is 19.1 Å². The molecule has 0 aliphatic heterocycles. The lowest BCUT2D eigenvalue weighted by Crippen LogP contribution is -2.58. The van der Waals surface area contributed by atoms with E-state index < -0.39 is 12.0 Å². The number of ketones is 1. The van der Waals surface area contributed by atoms with E-state index in [0.717, 1.165) is 32.1 Å². The van der Waals surface area contributed by atoms with Gasteiger partial charge in [-0.15, -0.1) is 0 Å². The van der Waals surface area contributed by atoms with E-state index >= 15 is 0 Å². The Morgan fingerprint density at radius 2 is 1.72 bits per heavy atom. The highest BCUT2D eigenvalue weighted by Crippen LogP contribution is 2.60. The van der Waals surface area contributed by atoms with Crippen LogP contribution in [0.5, 0.6) is 0 Å². The molecule has 5 saturated carbocycles. The van der Waals surface area contributed by atoms with Crippen molar-refractivity contribution in [3.63, 3.8) is 0 Å². The number of amides is 1. The van der Waals surface area contributed by atoms with Gasteiger partial charge in [0.2, 0.25) is 5.91 Å². The van der Waals surface area contributed by atoms with Crippen LogP contribution >= 0.6 is 0 Å². The van der Waals surface area contributed by atoms with Gasteiger partial charge in [0.25, 0.3) is 0 Å². The molecule has 4 bridgehead atoms. The van der Waals surface area contributed by atoms with Crippen molar-refractivity contribution in [3.8, 4) is 0 Å². The maximum atomic E-state index is 13.2. The second-order valence-corrected chi connectivity index (χ2v) is 9.07. The molecular weight excluding hydrogens is 318 g/mol. The number of hydrogen-bond donors (Lipinski definition) is 1. The Morgan fingerprint density at radius 3 is 2.24 bits per heavy atom. The minimum absolute atomic E-state index is 0.0417. The van der Waals surface area contributed by atoms with E-state index in [9.17, 15) is 14.4 Å². The lowest BCUT2D eigenvalue weighted by Gasteiger charge is -2.55. The van der Waals surface area contributed by atoms with E-state index in [-0.39, 0.29) is 23.0 Å². The van der Waals surface area contributed by atoms with Gasteiger partial charge in [-0.2, -0.15) is 0 Å². The summed E-state index contributed by atoms with van der Waals surface area (Å²) in [6.07, 6.45) is 9.33. The average Bonchev–Trinajstić information content (AvgIpc) is 2.57. The molecule has 138 valence electrons. The van der Waals surface area contributed by atoms with Crippen LogP contribution in [0.1, 0.15) is 64.2 Å². The van der Waals surface area contributed by atoms with E-state index in [2.05, 4.69) is 5.32 Å². The van der Waals surface area contributed by atoms with Crippen LogP contribution in [0.4, 0.5) is 0 Å². The van der Waals surface area contributed by atoms with E-state index in [1.807, 2.05) is 0 Å². The van der Waals surface area contributed by atoms with Crippen molar-refractivity contribution in [2.75, 3.05) is 7.11 Å². The van der Waals surface area contributed by atoms with Crippen molar-refractivity contribution in [2.45, 2.75) is 70.3 Å². The standard InChI is InChI=1S/C20H29NO4/c1-25-18(23)17(15-3-2-4-16(22)8-15)21-19(24)20-9-12-5-13(10-20)7-14(6-12)11-20/h12-15,17H,2-11H2,1H3,(H,21,24)/t12?,13?,14?,15-,17+,20?/m1/s1. The summed E-state index contributed by atoms with van der Waals surface area (Å²) in [5, 5.41) is 3.05. The fraction of sp³-hybridized carbons (Fsp3) is 0.850. The summed E-state index contributed by atoms with van der Waals surface area (Å²) in [5.74, 6) is 1.76. The first-order chi connectivity index (χ1) is 12.0. The molecule has 5 nitrogen and oxygen atoms in total. The molecule has 1 N–H and O–H groups in total. The fourth-order valence-corrected chi connectivity index (χ4v) is 6.52. The van der Waals surface area contributed by atoms with Crippen molar-refractivity contribution in [1.29, 1.82) is 0 Å². The molecule has 0 saturated heterocycles. The molecule has 2 atom stereocenters. The second-order valence-electron chi connectivity index (χ2n) is 9.07. The number of methoxy groups -OCH3 is 1. The van der Waals surface area contributed by atoms with Gasteiger partial charge in [-0.25, -0.2) is 4.79 Å². The number of Topliss-reactive ketones (excluding diaryl/α,β-unsaturated/α-hetero) is 1. The van der Waals surface area contributed by atoms with Gasteiger partial charge in [0.1, 0.15) is 11.8 Å². The Hall–Kier alpha value is -1.39. The SMILES string of the molecule is COC(=O)[C@@H](NC(=O)C12CC3CC(CC(C3)C1)C2)[C@@H]1CCCC(=O)C1. The van der Waals surface area contributed by atoms with E-state index in [1.54, 1.807) is 0 Å². The number of carbonyl (C=O) groups is 3. The number of carbonyl (C=O) groups excluding carboxylic acids is 3. The van der Waals surface area contributed by atoms with Gasteiger partial charge >= 0.3 is 5.97 Å². The summed E-state index contributed by atoms with van der Waals surface area (Å²) in [6, 6.07) is -0.672. The van der Waals surface area contributed by atoms with Crippen LogP contribution in [0.15, 0.2) is 0 Å². The zero-order chi connectivity index (χ0) is 17.6. The lowest BCUT2D eigenvalue weighted by atomic mass is 9.49. The highest BCUT2D eigenvalue weighted by Gasteiger charge is 2.55. The van der Waals surface area contributed by atoms with Crippen molar-refractivity contribution >= 4 is 17.7 Å². The number of ether oxygens (including phenoxy) is 1. The minimum Gasteiger partial charge on any atom is -0.467 e. The van der Waals surface area contributed by atoms with Crippen molar-refractivity contribution in [3.05, 3.63) is 0 Å². The van der Waals surface area contributed by atoms with Crippen LogP contribution in [-0.4, -0.2) is 30.8 Å². The lowest BCUT2D eigenvalue weighted by molar-refractivity contribution is -0.154. The zero-order valence-corrected chi connectivity index (χ0v) is 15.1. The molecule has 25 heavy (non-hydrogen) atoms. The first-order valence-electron chi connectivity index (χ1n) is 9.89. The first-order valence-corrected chi connectivity index (χ1v) is 9.89. The predicted octanol–water partition coefficient (Wildman–Crippen LogP) is 2.62. The molecule has 0 aromatic rings. The van der Waals surface area contributed by atoms with E-state index in [1.165, 1.54) is 26.4 Å². The number of rotatable bonds is 4. The summed E-state index contributed by atoms with van der Waals surface area (Å²) < 4.78 is 4.96. The van der Waals surface area contributed by atoms with Crippen molar-refractivity contribution in [2.24, 2.45) is 29.1 Å². The van der Waals surface area contributed by atoms with Gasteiger partial charge in [-0.1, -0.05) is 0 Å². The Balaban J connectivity index is 1.50. The summed E-state index contributed by atoms with van der Waals surface area (Å²) in [4.78, 5) is 37.4. The maximum absolute atomic E-state index is 13.2. The molecule has 0 aromatic carbocycles. The van der Waals surface area contributed by atoms with Gasteiger partial charge < -0.3 is 10.1 Å². The number of esters is 1. The van der Waals surface area contributed by atoms with E-state index in [4.69, 9.17) is 4.74 Å². The summed E-state index contributed by atoms with van der Waals surface area (Å²) >= 11 is 0. The van der Waals surface area contributed by atoms with Gasteiger partial charge in [0, 0.05) is 18.3 Å². The second kappa shape index (κ2) is 6.40. The van der Waals surface area contributed by atoms with Gasteiger partial charge in [0.05, 0.1) is 7.11 Å². The highest BCUT2D eigenvalue weighted by atomic mass is 16.5. The van der Waals surface area contributed by atoms with Crippen LogP contribution in [0, 0.1) is 29.1 Å². The molecule has 5 aliphatic rings. The summed E-state index contributed by atoms with van der Waals surface area (Å²) in [5.41, 5.74) is -0.278. The third kappa shape index (κ3) is 3.11. The Kier molecular flexibility index (Phi) is 4.37. The van der Waals surface area contributed by atoms with Crippen LogP contribution in [0.25, 0.3) is 0 Å². The molecule has 5 rings (SSSR count). The smallest absolute Gasteiger partial charge is 0.328 e. The normalized spacial score (nSPS) is 40.6. The fourth-order valence-electron chi connectivity index (χ4n) is 6.52. The Labute approximate surface area is 149 Å². The molecule has 0 spiro atoms. The molecule has 0 aromatic heterocycles. The zero-order valence-electron chi connectivity index (χ0n) is 15.1. The molecular formula is C20H29NO4. The van der Waals surface area contributed by atoms with Crippen LogP contribution in [0.2, 0.25) is 0 Å². The molecule has 5 heteroatoms. The molecule has 1 amide bonds. The third-order valence-electron chi connectivity index (χ3n) is 7.25. The van der Waals surface area contributed by atoms with E-state index in [0.29, 0.717) is 30.6 Å². The monoisotopic (exact) mass is 347 g/mol. The van der Waals surface area contributed by atoms with Crippen molar-refractivity contribution < 1.29 is 19.1 Å². The Morgan fingerprint density at radius 1 is 1.12 bits per heavy atom. The average molecular weight is 347 g/mol.